The van der Waals surface area contributed by atoms with Crippen molar-refractivity contribution in [2.75, 3.05) is 0 Å². The Labute approximate surface area is 117 Å². The van der Waals surface area contributed by atoms with Gasteiger partial charge in [-0.15, -0.1) is 0 Å². The summed E-state index contributed by atoms with van der Waals surface area (Å²) in [6.07, 6.45) is 2.54. The van der Waals surface area contributed by atoms with Gasteiger partial charge in [-0.05, 0) is 24.0 Å². The van der Waals surface area contributed by atoms with Crippen molar-refractivity contribution >= 4 is 17.6 Å². The summed E-state index contributed by atoms with van der Waals surface area (Å²) in [6, 6.07) is 11.7. The number of carbonyl (C=O) groups is 1. The summed E-state index contributed by atoms with van der Waals surface area (Å²) >= 11 is 5.86. The molecule has 19 heavy (non-hydrogen) atoms. The molecule has 0 bridgehead atoms. The second kappa shape index (κ2) is 5.93. The second-order valence-electron chi connectivity index (χ2n) is 4.64. The normalized spacial score (nSPS) is 12.3. The summed E-state index contributed by atoms with van der Waals surface area (Å²) in [6.45, 7) is 2.78. The zero-order chi connectivity index (χ0) is 13.8. The number of halogens is 1. The quantitative estimate of drug-likeness (QED) is 0.896. The highest BCUT2D eigenvalue weighted by Gasteiger charge is 2.13. The summed E-state index contributed by atoms with van der Waals surface area (Å²) in [7, 11) is 0. The van der Waals surface area contributed by atoms with Crippen LogP contribution in [-0.2, 0) is 6.54 Å². The highest BCUT2D eigenvalue weighted by Crippen LogP contribution is 2.21. The number of rotatable bonds is 5. The van der Waals surface area contributed by atoms with Gasteiger partial charge in [0.25, 0.3) is 0 Å². The van der Waals surface area contributed by atoms with E-state index in [4.69, 9.17) is 16.7 Å². The van der Waals surface area contributed by atoms with Gasteiger partial charge in [-0.3, -0.25) is 0 Å². The molecule has 1 heterocycles. The smallest absolute Gasteiger partial charge is 0.352 e. The largest absolute Gasteiger partial charge is 0.477 e. The van der Waals surface area contributed by atoms with Crippen molar-refractivity contribution < 1.29 is 9.90 Å². The minimum atomic E-state index is -0.945. The Kier molecular flexibility index (Phi) is 4.27. The zero-order valence-electron chi connectivity index (χ0n) is 10.7. The van der Waals surface area contributed by atoms with Crippen LogP contribution in [0.25, 0.3) is 0 Å². The first-order chi connectivity index (χ1) is 9.08. The van der Waals surface area contributed by atoms with E-state index in [1.54, 1.807) is 10.8 Å². The van der Waals surface area contributed by atoms with E-state index in [1.165, 1.54) is 11.6 Å². The van der Waals surface area contributed by atoms with Crippen molar-refractivity contribution in [1.82, 2.24) is 4.57 Å². The third kappa shape index (κ3) is 3.38. The molecule has 0 spiro atoms. The van der Waals surface area contributed by atoms with Gasteiger partial charge in [-0.2, -0.15) is 0 Å². The molecule has 0 fully saturated rings. The van der Waals surface area contributed by atoms with E-state index in [0.29, 0.717) is 17.5 Å². The molecule has 0 saturated heterocycles. The van der Waals surface area contributed by atoms with E-state index >= 15 is 0 Å². The van der Waals surface area contributed by atoms with E-state index in [0.717, 1.165) is 6.42 Å². The number of benzene rings is 1. The van der Waals surface area contributed by atoms with Crippen molar-refractivity contribution in [2.24, 2.45) is 0 Å². The first kappa shape index (κ1) is 13.7. The van der Waals surface area contributed by atoms with Gasteiger partial charge in [-0.25, -0.2) is 4.79 Å². The second-order valence-corrected chi connectivity index (χ2v) is 5.08. The van der Waals surface area contributed by atoms with E-state index in [9.17, 15) is 4.79 Å². The molecule has 0 amide bonds. The van der Waals surface area contributed by atoms with Gasteiger partial charge < -0.3 is 9.67 Å². The van der Waals surface area contributed by atoms with Crippen LogP contribution in [0.1, 0.15) is 35.3 Å². The number of hydrogen-bond acceptors (Lipinski definition) is 1. The molecule has 1 aromatic carbocycles. The Balaban J connectivity index is 2.05. The third-order valence-corrected chi connectivity index (χ3v) is 3.46. The average molecular weight is 278 g/mol. The fourth-order valence-electron chi connectivity index (χ4n) is 2.12. The molecule has 0 saturated carbocycles. The minimum absolute atomic E-state index is 0.241. The predicted octanol–water partition coefficient (Wildman–Crippen LogP) is 4.03. The number of carboxylic acid groups (broad SMARTS) is 1. The van der Waals surface area contributed by atoms with Gasteiger partial charge in [0.2, 0.25) is 0 Å². The van der Waals surface area contributed by atoms with Crippen LogP contribution in [0.5, 0.6) is 0 Å². The highest BCUT2D eigenvalue weighted by atomic mass is 35.5. The molecule has 0 aliphatic heterocycles. The Morgan fingerprint density at radius 1 is 1.37 bits per heavy atom. The molecule has 4 heteroatoms. The molecule has 1 unspecified atom stereocenters. The lowest BCUT2D eigenvalue weighted by atomic mass is 9.98. The highest BCUT2D eigenvalue weighted by molar-refractivity contribution is 6.30. The summed E-state index contributed by atoms with van der Waals surface area (Å²) in [5.41, 5.74) is 1.50. The lowest BCUT2D eigenvalue weighted by Gasteiger charge is -2.13. The van der Waals surface area contributed by atoms with Gasteiger partial charge in [0.15, 0.2) is 0 Å². The molecule has 1 N–H and O–H groups in total. The predicted molar refractivity (Wildman–Crippen MR) is 75.9 cm³/mol. The monoisotopic (exact) mass is 277 g/mol. The van der Waals surface area contributed by atoms with Gasteiger partial charge >= 0.3 is 5.97 Å². The zero-order valence-corrected chi connectivity index (χ0v) is 11.5. The molecule has 2 rings (SSSR count). The average Bonchev–Trinajstić information content (AvgIpc) is 2.78. The van der Waals surface area contributed by atoms with Crippen LogP contribution >= 0.6 is 11.6 Å². The minimum Gasteiger partial charge on any atom is -0.477 e. The maximum Gasteiger partial charge on any atom is 0.352 e. The van der Waals surface area contributed by atoms with Gasteiger partial charge in [0, 0.05) is 12.7 Å². The van der Waals surface area contributed by atoms with Crippen molar-refractivity contribution in [3.63, 3.8) is 0 Å². The van der Waals surface area contributed by atoms with Crippen molar-refractivity contribution in [3.05, 3.63) is 58.9 Å². The topological polar surface area (TPSA) is 42.2 Å². The van der Waals surface area contributed by atoms with Gasteiger partial charge in [0.05, 0.1) is 5.02 Å². The number of hydrogen-bond donors (Lipinski definition) is 1. The van der Waals surface area contributed by atoms with E-state index in [1.807, 2.05) is 18.2 Å². The van der Waals surface area contributed by atoms with Crippen LogP contribution in [0.15, 0.2) is 42.6 Å². The van der Waals surface area contributed by atoms with Crippen LogP contribution in [0, 0.1) is 0 Å². The van der Waals surface area contributed by atoms with E-state index in [2.05, 4.69) is 19.1 Å². The maximum atomic E-state index is 11.1. The molecular formula is C15H16ClNO2. The molecule has 3 nitrogen and oxygen atoms in total. The molecule has 0 aliphatic carbocycles. The lowest BCUT2D eigenvalue weighted by molar-refractivity contribution is 0.0685. The maximum absolute atomic E-state index is 11.1. The van der Waals surface area contributed by atoms with Crippen molar-refractivity contribution in [1.29, 1.82) is 0 Å². The SMILES string of the molecule is CC(CCn1cc(Cl)cc1C(=O)O)c1ccccc1. The third-order valence-electron chi connectivity index (χ3n) is 3.25. The summed E-state index contributed by atoms with van der Waals surface area (Å²) < 4.78 is 1.70. The van der Waals surface area contributed by atoms with Gasteiger partial charge in [0.1, 0.15) is 5.69 Å². The molecule has 1 atom stereocenters. The first-order valence-electron chi connectivity index (χ1n) is 6.22. The fourth-order valence-corrected chi connectivity index (χ4v) is 2.34. The number of aromatic carboxylic acids is 1. The Hall–Kier alpha value is -1.74. The van der Waals surface area contributed by atoms with Crippen LogP contribution < -0.4 is 0 Å². The Morgan fingerprint density at radius 2 is 2.05 bits per heavy atom. The summed E-state index contributed by atoms with van der Waals surface area (Å²) in [5.74, 6) is -0.566. The van der Waals surface area contributed by atoms with E-state index in [-0.39, 0.29) is 5.69 Å². The van der Waals surface area contributed by atoms with Crippen LogP contribution in [-0.4, -0.2) is 15.6 Å². The van der Waals surface area contributed by atoms with Crippen LogP contribution in [0.2, 0.25) is 5.02 Å². The molecule has 0 radical (unpaired) electrons. The molecule has 2 aromatic rings. The van der Waals surface area contributed by atoms with Crippen molar-refractivity contribution in [3.8, 4) is 0 Å². The summed E-state index contributed by atoms with van der Waals surface area (Å²) in [4.78, 5) is 11.1. The van der Waals surface area contributed by atoms with Crippen LogP contribution in [0.4, 0.5) is 0 Å². The van der Waals surface area contributed by atoms with Crippen molar-refractivity contribution in [2.45, 2.75) is 25.8 Å². The molecule has 100 valence electrons. The number of nitrogens with zero attached hydrogens (tertiary/aromatic N) is 1. The number of aryl methyl sites for hydroxylation is 1. The Bertz CT molecular complexity index is 563. The number of aromatic nitrogens is 1. The summed E-state index contributed by atoms with van der Waals surface area (Å²) in [5, 5.41) is 9.54. The van der Waals surface area contributed by atoms with Gasteiger partial charge in [-0.1, -0.05) is 48.9 Å². The molecular weight excluding hydrogens is 262 g/mol. The van der Waals surface area contributed by atoms with Crippen LogP contribution in [0.3, 0.4) is 0 Å². The van der Waals surface area contributed by atoms with E-state index < -0.39 is 5.97 Å². The Morgan fingerprint density at radius 3 is 2.68 bits per heavy atom. The fraction of sp³-hybridized carbons (Fsp3) is 0.267. The standard InChI is InChI=1S/C15H16ClNO2/c1-11(12-5-3-2-4-6-12)7-8-17-10-13(16)9-14(17)15(18)19/h2-6,9-11H,7-8H2,1H3,(H,18,19). The lowest BCUT2D eigenvalue weighted by Crippen LogP contribution is -2.09. The molecule has 1 aromatic heterocycles. The molecule has 0 aliphatic rings. The first-order valence-corrected chi connectivity index (χ1v) is 6.59. The number of carboxylic acids is 1.